The molecule has 6 nitrogen and oxygen atoms in total. The highest BCUT2D eigenvalue weighted by Crippen LogP contribution is 2.20. The molecule has 0 saturated carbocycles. The first-order chi connectivity index (χ1) is 10.5. The minimum Gasteiger partial charge on any atom is -0.308 e. The number of nitrogens with one attached hydrogen (secondary N) is 4. The lowest BCUT2D eigenvalue weighted by Gasteiger charge is -2.08. The molecule has 0 atom stereocenters. The summed E-state index contributed by atoms with van der Waals surface area (Å²) in [6.07, 6.45) is 0. The summed E-state index contributed by atoms with van der Waals surface area (Å²) >= 11 is 5.64. The van der Waals surface area contributed by atoms with E-state index in [0.717, 1.165) is 6.07 Å². The highest BCUT2D eigenvalue weighted by molar-refractivity contribution is 6.31. The molecule has 0 aliphatic heterocycles. The minimum absolute atomic E-state index is 0.0795. The van der Waals surface area contributed by atoms with Crippen molar-refractivity contribution < 1.29 is 9.18 Å². The SMILES string of the molecule is O=C(Nc1ccc(F)c(Cl)c1)Nc1ccc2[nH]c(=O)[nH]c2c1. The Morgan fingerprint density at radius 2 is 1.64 bits per heavy atom. The summed E-state index contributed by atoms with van der Waals surface area (Å²) in [5.41, 5.74) is 1.75. The average molecular weight is 321 g/mol. The number of urea groups is 1. The molecular formula is C14H10ClFN4O2. The Balaban J connectivity index is 1.74. The second kappa shape index (κ2) is 5.53. The molecule has 112 valence electrons. The van der Waals surface area contributed by atoms with Crippen molar-refractivity contribution in [1.29, 1.82) is 0 Å². The number of halogens is 2. The van der Waals surface area contributed by atoms with Gasteiger partial charge in [-0.15, -0.1) is 0 Å². The summed E-state index contributed by atoms with van der Waals surface area (Å²) in [6.45, 7) is 0. The summed E-state index contributed by atoms with van der Waals surface area (Å²) in [4.78, 5) is 28.2. The van der Waals surface area contributed by atoms with Gasteiger partial charge in [-0.2, -0.15) is 0 Å². The van der Waals surface area contributed by atoms with E-state index in [0.29, 0.717) is 22.4 Å². The van der Waals surface area contributed by atoms with Crippen molar-refractivity contribution in [2.45, 2.75) is 0 Å². The zero-order valence-corrected chi connectivity index (χ0v) is 11.8. The van der Waals surface area contributed by atoms with E-state index in [1.807, 2.05) is 0 Å². The van der Waals surface area contributed by atoms with E-state index in [9.17, 15) is 14.0 Å². The molecule has 1 aromatic heterocycles. The predicted octanol–water partition coefficient (Wildman–Crippen LogP) is 3.29. The molecule has 8 heteroatoms. The highest BCUT2D eigenvalue weighted by Gasteiger charge is 2.06. The van der Waals surface area contributed by atoms with E-state index in [-0.39, 0.29) is 10.7 Å². The van der Waals surface area contributed by atoms with Crippen LogP contribution in [0, 0.1) is 5.82 Å². The summed E-state index contributed by atoms with van der Waals surface area (Å²) in [5.74, 6) is -0.561. The van der Waals surface area contributed by atoms with Crippen LogP contribution < -0.4 is 16.3 Å². The molecule has 0 radical (unpaired) electrons. The first-order valence-electron chi connectivity index (χ1n) is 6.26. The third kappa shape index (κ3) is 2.94. The largest absolute Gasteiger partial charge is 0.323 e. The van der Waals surface area contributed by atoms with Crippen LogP contribution in [-0.2, 0) is 0 Å². The Morgan fingerprint density at radius 3 is 2.36 bits per heavy atom. The Hall–Kier alpha value is -2.80. The third-order valence-electron chi connectivity index (χ3n) is 2.95. The van der Waals surface area contributed by atoms with Gasteiger partial charge in [0.25, 0.3) is 0 Å². The van der Waals surface area contributed by atoms with E-state index in [1.54, 1.807) is 18.2 Å². The van der Waals surface area contributed by atoms with Crippen LogP contribution in [0.3, 0.4) is 0 Å². The number of aromatic amines is 2. The Kier molecular flexibility index (Phi) is 3.56. The first-order valence-corrected chi connectivity index (χ1v) is 6.64. The van der Waals surface area contributed by atoms with Crippen LogP contribution in [0.2, 0.25) is 5.02 Å². The van der Waals surface area contributed by atoms with Crippen molar-refractivity contribution in [3.63, 3.8) is 0 Å². The zero-order chi connectivity index (χ0) is 15.7. The van der Waals surface area contributed by atoms with Gasteiger partial charge in [0.2, 0.25) is 0 Å². The van der Waals surface area contributed by atoms with Crippen LogP contribution in [0.15, 0.2) is 41.2 Å². The van der Waals surface area contributed by atoms with Gasteiger partial charge in [-0.3, -0.25) is 0 Å². The Labute approximate surface area is 128 Å². The van der Waals surface area contributed by atoms with Crippen LogP contribution in [-0.4, -0.2) is 16.0 Å². The normalized spacial score (nSPS) is 10.6. The molecule has 4 N–H and O–H groups in total. The molecule has 0 aliphatic rings. The topological polar surface area (TPSA) is 89.8 Å². The molecule has 0 aliphatic carbocycles. The molecule has 0 fully saturated rings. The molecule has 2 aromatic carbocycles. The maximum Gasteiger partial charge on any atom is 0.323 e. The molecule has 0 saturated heterocycles. The van der Waals surface area contributed by atoms with E-state index < -0.39 is 11.8 Å². The summed E-state index contributed by atoms with van der Waals surface area (Å²) < 4.78 is 13.0. The number of hydrogen-bond donors (Lipinski definition) is 4. The standard InChI is InChI=1S/C14H10ClFN4O2/c15-9-5-7(1-3-10(9)16)17-13(21)18-8-2-4-11-12(6-8)20-14(22)19-11/h1-6H,(H2,17,18,21)(H2,19,20,22). The van der Waals surface area contributed by atoms with Crippen LogP contribution in [0.4, 0.5) is 20.6 Å². The number of imidazole rings is 1. The van der Waals surface area contributed by atoms with E-state index in [4.69, 9.17) is 11.6 Å². The number of carbonyl (C=O) groups is 1. The maximum absolute atomic E-state index is 13.0. The molecule has 0 unspecified atom stereocenters. The number of aromatic nitrogens is 2. The molecule has 1 heterocycles. The van der Waals surface area contributed by atoms with Gasteiger partial charge in [0.15, 0.2) is 0 Å². The molecule has 3 aromatic rings. The highest BCUT2D eigenvalue weighted by atomic mass is 35.5. The fourth-order valence-electron chi connectivity index (χ4n) is 1.98. The zero-order valence-electron chi connectivity index (χ0n) is 11.0. The number of benzene rings is 2. The van der Waals surface area contributed by atoms with Crippen molar-refractivity contribution in [3.8, 4) is 0 Å². The Bertz CT molecular complexity index is 919. The number of carbonyl (C=O) groups excluding carboxylic acids is 1. The molecular weight excluding hydrogens is 311 g/mol. The maximum atomic E-state index is 13.0. The van der Waals surface area contributed by atoms with Crippen molar-refractivity contribution in [1.82, 2.24) is 9.97 Å². The second-order valence-corrected chi connectivity index (χ2v) is 4.95. The lowest BCUT2D eigenvalue weighted by molar-refractivity contribution is 0.262. The van der Waals surface area contributed by atoms with Gasteiger partial charge in [-0.25, -0.2) is 14.0 Å². The molecule has 22 heavy (non-hydrogen) atoms. The van der Waals surface area contributed by atoms with Crippen LogP contribution in [0.25, 0.3) is 11.0 Å². The smallest absolute Gasteiger partial charge is 0.308 e. The molecule has 0 spiro atoms. The second-order valence-electron chi connectivity index (χ2n) is 4.55. The Morgan fingerprint density at radius 1 is 1.00 bits per heavy atom. The van der Waals surface area contributed by atoms with E-state index >= 15 is 0 Å². The van der Waals surface area contributed by atoms with Gasteiger partial charge >= 0.3 is 11.7 Å². The summed E-state index contributed by atoms with van der Waals surface area (Å²) in [6, 6.07) is 8.27. The van der Waals surface area contributed by atoms with Gasteiger partial charge in [0.05, 0.1) is 16.1 Å². The monoisotopic (exact) mass is 320 g/mol. The summed E-state index contributed by atoms with van der Waals surface area (Å²) in [5, 5.41) is 5.05. The van der Waals surface area contributed by atoms with Gasteiger partial charge in [0.1, 0.15) is 5.82 Å². The van der Waals surface area contributed by atoms with Crippen molar-refractivity contribution >= 4 is 40.0 Å². The molecule has 2 amide bonds. The van der Waals surface area contributed by atoms with Crippen LogP contribution >= 0.6 is 11.6 Å². The third-order valence-corrected chi connectivity index (χ3v) is 3.24. The molecule has 0 bridgehead atoms. The number of rotatable bonds is 2. The van der Waals surface area contributed by atoms with Crippen molar-refractivity contribution in [3.05, 3.63) is 57.7 Å². The number of hydrogen-bond acceptors (Lipinski definition) is 2. The van der Waals surface area contributed by atoms with Gasteiger partial charge in [-0.05, 0) is 36.4 Å². The fraction of sp³-hybridized carbons (Fsp3) is 0. The molecule has 3 rings (SSSR count). The quantitative estimate of drug-likeness (QED) is 0.583. The first kappa shape index (κ1) is 14.2. The van der Waals surface area contributed by atoms with E-state index in [2.05, 4.69) is 20.6 Å². The minimum atomic E-state index is -0.561. The van der Waals surface area contributed by atoms with Crippen LogP contribution in [0.5, 0.6) is 0 Å². The lowest BCUT2D eigenvalue weighted by atomic mass is 10.3. The number of H-pyrrole nitrogens is 2. The van der Waals surface area contributed by atoms with Gasteiger partial charge < -0.3 is 20.6 Å². The van der Waals surface area contributed by atoms with Gasteiger partial charge in [-0.1, -0.05) is 11.6 Å². The number of amides is 2. The number of fused-ring (bicyclic) bond motifs is 1. The van der Waals surface area contributed by atoms with Crippen LogP contribution in [0.1, 0.15) is 0 Å². The number of anilines is 2. The van der Waals surface area contributed by atoms with Crippen molar-refractivity contribution in [2.24, 2.45) is 0 Å². The lowest BCUT2D eigenvalue weighted by Crippen LogP contribution is -2.19. The van der Waals surface area contributed by atoms with Gasteiger partial charge in [0, 0.05) is 11.4 Å². The average Bonchev–Trinajstić information content (AvgIpc) is 2.82. The summed E-state index contributed by atoms with van der Waals surface area (Å²) in [7, 11) is 0. The predicted molar refractivity (Wildman–Crippen MR) is 83.0 cm³/mol. The fourth-order valence-corrected chi connectivity index (χ4v) is 2.16. The van der Waals surface area contributed by atoms with E-state index in [1.165, 1.54) is 12.1 Å². The van der Waals surface area contributed by atoms with Crippen molar-refractivity contribution in [2.75, 3.05) is 10.6 Å².